The zero-order valence-corrected chi connectivity index (χ0v) is 11.6. The Morgan fingerprint density at radius 2 is 2.24 bits per heavy atom. The van der Waals surface area contributed by atoms with Gasteiger partial charge in [-0.15, -0.1) is 11.3 Å². The zero-order chi connectivity index (χ0) is 12.3. The SMILES string of the molecule is Cc1ncc(CNC(=O)c2ccccc2Br)s1. The van der Waals surface area contributed by atoms with Crippen LogP contribution in [0.3, 0.4) is 0 Å². The maximum absolute atomic E-state index is 11.9. The Morgan fingerprint density at radius 1 is 1.47 bits per heavy atom. The summed E-state index contributed by atoms with van der Waals surface area (Å²) in [5.41, 5.74) is 0.647. The number of nitrogens with zero attached hydrogens (tertiary/aromatic N) is 1. The molecule has 1 aromatic heterocycles. The molecule has 1 N–H and O–H groups in total. The van der Waals surface area contributed by atoms with Crippen molar-refractivity contribution < 1.29 is 4.79 Å². The van der Waals surface area contributed by atoms with Gasteiger partial charge in [0.25, 0.3) is 5.91 Å². The molecule has 17 heavy (non-hydrogen) atoms. The van der Waals surface area contributed by atoms with Crippen LogP contribution in [0.2, 0.25) is 0 Å². The molecule has 0 aliphatic rings. The summed E-state index contributed by atoms with van der Waals surface area (Å²) in [5, 5.41) is 3.88. The third-order valence-corrected chi connectivity index (χ3v) is 3.82. The molecule has 0 bridgehead atoms. The summed E-state index contributed by atoms with van der Waals surface area (Å²) >= 11 is 4.95. The van der Waals surface area contributed by atoms with Crippen LogP contribution in [0, 0.1) is 6.92 Å². The molecule has 0 atom stereocenters. The van der Waals surface area contributed by atoms with Gasteiger partial charge in [0.1, 0.15) is 0 Å². The highest BCUT2D eigenvalue weighted by Gasteiger charge is 2.09. The number of thiazole rings is 1. The fourth-order valence-corrected chi connectivity index (χ4v) is 2.59. The van der Waals surface area contributed by atoms with E-state index in [4.69, 9.17) is 0 Å². The second-order valence-corrected chi connectivity index (χ2v) is 5.68. The number of carbonyl (C=O) groups is 1. The van der Waals surface area contributed by atoms with E-state index in [0.29, 0.717) is 12.1 Å². The van der Waals surface area contributed by atoms with E-state index in [2.05, 4.69) is 26.2 Å². The summed E-state index contributed by atoms with van der Waals surface area (Å²) in [4.78, 5) is 17.1. The fourth-order valence-electron chi connectivity index (χ4n) is 1.40. The smallest absolute Gasteiger partial charge is 0.252 e. The first-order chi connectivity index (χ1) is 8.16. The molecule has 0 spiro atoms. The Bertz CT molecular complexity index is 539. The van der Waals surface area contributed by atoms with Crippen molar-refractivity contribution in [1.29, 1.82) is 0 Å². The zero-order valence-electron chi connectivity index (χ0n) is 9.24. The van der Waals surface area contributed by atoms with Crippen LogP contribution < -0.4 is 5.32 Å². The molecule has 0 unspecified atom stereocenters. The van der Waals surface area contributed by atoms with E-state index in [1.54, 1.807) is 23.6 Å². The van der Waals surface area contributed by atoms with Crippen molar-refractivity contribution in [2.45, 2.75) is 13.5 Å². The summed E-state index contributed by atoms with van der Waals surface area (Å²) in [5.74, 6) is -0.0801. The number of hydrogen-bond donors (Lipinski definition) is 1. The van der Waals surface area contributed by atoms with Gasteiger partial charge < -0.3 is 5.32 Å². The summed E-state index contributed by atoms with van der Waals surface area (Å²) in [7, 11) is 0. The first-order valence-electron chi connectivity index (χ1n) is 5.11. The minimum absolute atomic E-state index is 0.0801. The van der Waals surface area contributed by atoms with Crippen LogP contribution in [0.25, 0.3) is 0 Å². The Kier molecular flexibility index (Phi) is 3.91. The molecule has 2 rings (SSSR count). The van der Waals surface area contributed by atoms with Crippen LogP contribution in [-0.4, -0.2) is 10.9 Å². The highest BCUT2D eigenvalue weighted by atomic mass is 79.9. The van der Waals surface area contributed by atoms with E-state index in [1.165, 1.54) is 0 Å². The Balaban J connectivity index is 2.01. The molecule has 0 saturated heterocycles. The Hall–Kier alpha value is -1.20. The second-order valence-electron chi connectivity index (χ2n) is 3.51. The maximum Gasteiger partial charge on any atom is 0.252 e. The lowest BCUT2D eigenvalue weighted by atomic mass is 10.2. The third-order valence-electron chi connectivity index (χ3n) is 2.21. The van der Waals surface area contributed by atoms with Gasteiger partial charge in [-0.3, -0.25) is 4.79 Å². The molecule has 3 nitrogen and oxygen atoms in total. The van der Waals surface area contributed by atoms with Gasteiger partial charge in [0.05, 0.1) is 17.1 Å². The van der Waals surface area contributed by atoms with E-state index in [9.17, 15) is 4.79 Å². The van der Waals surface area contributed by atoms with E-state index < -0.39 is 0 Å². The summed E-state index contributed by atoms with van der Waals surface area (Å²) < 4.78 is 0.804. The van der Waals surface area contributed by atoms with Gasteiger partial charge in [0.2, 0.25) is 0 Å². The molecule has 2 aromatic rings. The van der Waals surface area contributed by atoms with Crippen molar-refractivity contribution >= 4 is 33.2 Å². The van der Waals surface area contributed by atoms with Gasteiger partial charge >= 0.3 is 0 Å². The molecule has 0 aliphatic carbocycles. The average Bonchev–Trinajstić information content (AvgIpc) is 2.73. The van der Waals surface area contributed by atoms with Gasteiger partial charge in [-0.1, -0.05) is 12.1 Å². The summed E-state index contributed by atoms with van der Waals surface area (Å²) in [6, 6.07) is 7.37. The molecule has 0 radical (unpaired) electrons. The van der Waals surface area contributed by atoms with E-state index in [1.807, 2.05) is 25.1 Å². The quantitative estimate of drug-likeness (QED) is 0.946. The number of benzene rings is 1. The lowest BCUT2D eigenvalue weighted by molar-refractivity contribution is 0.0950. The fraction of sp³-hybridized carbons (Fsp3) is 0.167. The normalized spacial score (nSPS) is 10.2. The molecule has 88 valence electrons. The molecule has 0 saturated carbocycles. The van der Waals surface area contributed by atoms with Crippen molar-refractivity contribution in [3.8, 4) is 0 Å². The van der Waals surface area contributed by atoms with Crippen molar-refractivity contribution in [1.82, 2.24) is 10.3 Å². The molecular formula is C12H11BrN2OS. The predicted molar refractivity (Wildman–Crippen MR) is 72.2 cm³/mol. The number of aryl methyl sites for hydroxylation is 1. The lowest BCUT2D eigenvalue weighted by Crippen LogP contribution is -2.22. The molecule has 1 heterocycles. The summed E-state index contributed by atoms with van der Waals surface area (Å²) in [6.07, 6.45) is 1.79. The van der Waals surface area contributed by atoms with Crippen LogP contribution in [0.4, 0.5) is 0 Å². The largest absolute Gasteiger partial charge is 0.347 e. The van der Waals surface area contributed by atoms with Gasteiger partial charge in [0.15, 0.2) is 0 Å². The van der Waals surface area contributed by atoms with Gasteiger partial charge in [-0.05, 0) is 35.0 Å². The Labute approximate surface area is 112 Å². The number of aromatic nitrogens is 1. The number of amides is 1. The molecule has 0 fully saturated rings. The van der Waals surface area contributed by atoms with Gasteiger partial charge in [-0.25, -0.2) is 4.98 Å². The number of rotatable bonds is 3. The molecular weight excluding hydrogens is 300 g/mol. The highest BCUT2D eigenvalue weighted by Crippen LogP contribution is 2.16. The number of carbonyl (C=O) groups excluding carboxylic acids is 1. The topological polar surface area (TPSA) is 42.0 Å². The predicted octanol–water partition coefficient (Wildman–Crippen LogP) is 3.14. The van der Waals surface area contributed by atoms with E-state index >= 15 is 0 Å². The second kappa shape index (κ2) is 5.42. The Morgan fingerprint density at radius 3 is 2.88 bits per heavy atom. The highest BCUT2D eigenvalue weighted by molar-refractivity contribution is 9.10. The summed E-state index contributed by atoms with van der Waals surface area (Å²) in [6.45, 7) is 2.47. The third kappa shape index (κ3) is 3.14. The maximum atomic E-state index is 11.9. The number of nitrogens with one attached hydrogen (secondary N) is 1. The first-order valence-corrected chi connectivity index (χ1v) is 6.72. The molecule has 5 heteroatoms. The monoisotopic (exact) mass is 310 g/mol. The van der Waals surface area contributed by atoms with Gasteiger partial charge in [0, 0.05) is 15.5 Å². The van der Waals surface area contributed by atoms with Crippen LogP contribution in [-0.2, 0) is 6.54 Å². The number of halogens is 1. The van der Waals surface area contributed by atoms with Crippen molar-refractivity contribution in [3.05, 3.63) is 50.4 Å². The van der Waals surface area contributed by atoms with Crippen LogP contribution in [0.5, 0.6) is 0 Å². The van der Waals surface area contributed by atoms with Crippen molar-refractivity contribution in [3.63, 3.8) is 0 Å². The first kappa shape index (κ1) is 12.3. The van der Waals surface area contributed by atoms with Crippen LogP contribution in [0.15, 0.2) is 34.9 Å². The van der Waals surface area contributed by atoms with E-state index in [-0.39, 0.29) is 5.91 Å². The molecule has 0 aliphatic heterocycles. The van der Waals surface area contributed by atoms with E-state index in [0.717, 1.165) is 14.4 Å². The van der Waals surface area contributed by atoms with Crippen LogP contribution >= 0.6 is 27.3 Å². The van der Waals surface area contributed by atoms with Crippen molar-refractivity contribution in [2.24, 2.45) is 0 Å². The standard InChI is InChI=1S/C12H11BrN2OS/c1-8-14-6-9(17-8)7-15-12(16)10-4-2-3-5-11(10)13/h2-6H,7H2,1H3,(H,15,16). The average molecular weight is 311 g/mol. The van der Waals surface area contributed by atoms with Crippen LogP contribution in [0.1, 0.15) is 20.2 Å². The van der Waals surface area contributed by atoms with Crippen molar-refractivity contribution in [2.75, 3.05) is 0 Å². The minimum atomic E-state index is -0.0801. The molecule has 1 aromatic carbocycles. The van der Waals surface area contributed by atoms with Gasteiger partial charge in [-0.2, -0.15) is 0 Å². The minimum Gasteiger partial charge on any atom is -0.347 e. The lowest BCUT2D eigenvalue weighted by Gasteiger charge is -2.04. The number of hydrogen-bond acceptors (Lipinski definition) is 3. The molecule has 1 amide bonds.